The summed E-state index contributed by atoms with van der Waals surface area (Å²) >= 11 is 0. The van der Waals surface area contributed by atoms with Gasteiger partial charge in [-0.05, 0) is 50.0 Å². The first-order valence-electron chi connectivity index (χ1n) is 10.9. The SMILES string of the molecule is C=CCOC(=O)N1c2cc(O)c(C)cc2C(=O)N2C=C(C)C[C@H]2[C@@H]1O[Si](C)(C)C(C)(C)C. The highest BCUT2D eigenvalue weighted by Crippen LogP contribution is 2.44. The molecule has 1 aromatic rings. The molecule has 32 heavy (non-hydrogen) atoms. The van der Waals surface area contributed by atoms with Crippen LogP contribution >= 0.6 is 0 Å². The zero-order chi connectivity index (χ0) is 24.0. The molecule has 8 heteroatoms. The Kier molecular flexibility index (Phi) is 6.32. The van der Waals surface area contributed by atoms with Gasteiger partial charge in [-0.15, -0.1) is 0 Å². The van der Waals surface area contributed by atoms with Crippen molar-refractivity contribution in [2.24, 2.45) is 0 Å². The van der Waals surface area contributed by atoms with Gasteiger partial charge in [0.1, 0.15) is 12.4 Å². The molecule has 0 unspecified atom stereocenters. The third kappa shape index (κ3) is 4.21. The van der Waals surface area contributed by atoms with E-state index in [4.69, 9.17) is 9.16 Å². The quantitative estimate of drug-likeness (QED) is 0.489. The number of rotatable bonds is 4. The minimum absolute atomic E-state index is 0.00192. The summed E-state index contributed by atoms with van der Waals surface area (Å²) in [5.41, 5.74) is 2.20. The molecular formula is C24H34N2O5Si. The maximum Gasteiger partial charge on any atom is 0.416 e. The summed E-state index contributed by atoms with van der Waals surface area (Å²) in [6, 6.07) is 2.68. The van der Waals surface area contributed by atoms with Gasteiger partial charge >= 0.3 is 6.09 Å². The van der Waals surface area contributed by atoms with E-state index in [0.717, 1.165) is 5.57 Å². The second-order valence-electron chi connectivity index (χ2n) is 10.1. The molecule has 0 radical (unpaired) electrons. The molecule has 0 aliphatic carbocycles. The van der Waals surface area contributed by atoms with Crippen LogP contribution in [0.2, 0.25) is 18.1 Å². The average molecular weight is 459 g/mol. The Bertz CT molecular complexity index is 979. The highest BCUT2D eigenvalue weighted by Gasteiger charge is 2.50. The lowest BCUT2D eigenvalue weighted by molar-refractivity contribution is 0.0589. The number of aryl methyl sites for hydroxylation is 1. The molecule has 0 bridgehead atoms. The predicted molar refractivity (Wildman–Crippen MR) is 127 cm³/mol. The number of carbonyl (C=O) groups is 2. The normalized spacial score (nSPS) is 21.0. The molecule has 2 heterocycles. The van der Waals surface area contributed by atoms with Gasteiger partial charge in [0.25, 0.3) is 5.91 Å². The highest BCUT2D eigenvalue weighted by atomic mass is 28.4. The lowest BCUT2D eigenvalue weighted by Gasteiger charge is -2.44. The van der Waals surface area contributed by atoms with Gasteiger partial charge in [-0.2, -0.15) is 0 Å². The summed E-state index contributed by atoms with van der Waals surface area (Å²) in [6.45, 7) is 17.9. The molecule has 0 saturated heterocycles. The topological polar surface area (TPSA) is 79.3 Å². The predicted octanol–water partition coefficient (Wildman–Crippen LogP) is 5.31. The van der Waals surface area contributed by atoms with Crippen LogP contribution in [0.5, 0.6) is 5.75 Å². The standard InChI is InChI=1S/C24H34N2O5Si/c1-9-10-30-23(29)26-18-13-20(27)16(3)12-17(18)21(28)25-14-15(2)11-19(25)22(26)31-32(7,8)24(4,5)6/h9,12-14,19,22,27H,1,10-11H2,2-8H3/t19-,22-/m0/s1. The lowest BCUT2D eigenvalue weighted by Crippen LogP contribution is -2.57. The number of carbonyl (C=O) groups excluding carboxylic acids is 2. The van der Waals surface area contributed by atoms with Gasteiger partial charge in [0.2, 0.25) is 0 Å². The number of anilines is 1. The minimum Gasteiger partial charge on any atom is -0.508 e. The van der Waals surface area contributed by atoms with E-state index >= 15 is 0 Å². The van der Waals surface area contributed by atoms with Gasteiger partial charge < -0.3 is 19.2 Å². The second kappa shape index (κ2) is 8.40. The van der Waals surface area contributed by atoms with Crippen molar-refractivity contribution in [1.82, 2.24) is 4.90 Å². The van der Waals surface area contributed by atoms with Crippen molar-refractivity contribution >= 4 is 26.0 Å². The van der Waals surface area contributed by atoms with E-state index in [1.54, 1.807) is 17.9 Å². The Hall–Kier alpha value is -2.58. The van der Waals surface area contributed by atoms with Crippen LogP contribution < -0.4 is 4.90 Å². The molecule has 0 fully saturated rings. The van der Waals surface area contributed by atoms with Crippen molar-refractivity contribution in [3.63, 3.8) is 0 Å². The van der Waals surface area contributed by atoms with Gasteiger partial charge in [-0.1, -0.05) is 39.0 Å². The van der Waals surface area contributed by atoms with Gasteiger partial charge in [0, 0.05) is 12.3 Å². The first kappa shape index (κ1) is 24.1. The molecule has 0 saturated carbocycles. The summed E-state index contributed by atoms with van der Waals surface area (Å²) in [7, 11) is -2.38. The molecule has 2 aliphatic heterocycles. The van der Waals surface area contributed by atoms with Crippen LogP contribution in [-0.4, -0.2) is 49.2 Å². The van der Waals surface area contributed by atoms with E-state index in [9.17, 15) is 14.7 Å². The van der Waals surface area contributed by atoms with E-state index in [2.05, 4.69) is 40.4 Å². The van der Waals surface area contributed by atoms with Gasteiger partial charge in [-0.3, -0.25) is 4.79 Å². The molecule has 2 aliphatic rings. The Morgan fingerprint density at radius 2 is 1.97 bits per heavy atom. The van der Waals surface area contributed by atoms with E-state index in [1.807, 2.05) is 13.1 Å². The van der Waals surface area contributed by atoms with Gasteiger partial charge in [0.15, 0.2) is 14.5 Å². The van der Waals surface area contributed by atoms with Crippen LogP contribution in [-0.2, 0) is 9.16 Å². The number of hydrogen-bond donors (Lipinski definition) is 1. The molecule has 1 N–H and O–H groups in total. The third-order valence-electron chi connectivity index (χ3n) is 6.61. The Balaban J connectivity index is 2.24. The number of phenols is 1. The Morgan fingerprint density at radius 3 is 2.56 bits per heavy atom. The van der Waals surface area contributed by atoms with E-state index < -0.39 is 26.7 Å². The molecule has 7 nitrogen and oxygen atoms in total. The fourth-order valence-electron chi connectivity index (χ4n) is 3.78. The maximum absolute atomic E-state index is 13.6. The van der Waals surface area contributed by atoms with Crippen molar-refractivity contribution in [2.45, 2.75) is 71.4 Å². The smallest absolute Gasteiger partial charge is 0.416 e. The molecule has 1 aromatic carbocycles. The lowest BCUT2D eigenvalue weighted by atomic mass is 10.1. The molecule has 0 aromatic heterocycles. The largest absolute Gasteiger partial charge is 0.508 e. The number of amides is 2. The number of hydrogen-bond acceptors (Lipinski definition) is 5. The van der Waals surface area contributed by atoms with Crippen LogP contribution in [0, 0.1) is 6.92 Å². The fraction of sp³-hybridized carbons (Fsp3) is 0.500. The van der Waals surface area contributed by atoms with Crippen molar-refractivity contribution in [2.75, 3.05) is 11.5 Å². The fourth-order valence-corrected chi connectivity index (χ4v) is 5.00. The summed E-state index contributed by atoms with van der Waals surface area (Å²) in [4.78, 5) is 30.0. The van der Waals surface area contributed by atoms with E-state index in [0.29, 0.717) is 17.5 Å². The summed E-state index contributed by atoms with van der Waals surface area (Å²) < 4.78 is 12.2. The zero-order valence-corrected chi connectivity index (χ0v) is 21.1. The van der Waals surface area contributed by atoms with Crippen LogP contribution in [0.15, 0.2) is 36.6 Å². The number of benzene rings is 1. The highest BCUT2D eigenvalue weighted by molar-refractivity contribution is 6.74. The van der Waals surface area contributed by atoms with Crippen molar-refractivity contribution in [1.29, 1.82) is 0 Å². The second-order valence-corrected chi connectivity index (χ2v) is 14.9. The van der Waals surface area contributed by atoms with E-state index in [1.165, 1.54) is 17.0 Å². The molecule has 0 spiro atoms. The number of nitrogens with zero attached hydrogens (tertiary/aromatic N) is 2. The maximum atomic E-state index is 13.6. The number of fused-ring (bicyclic) bond motifs is 2. The molecular weight excluding hydrogens is 424 g/mol. The molecule has 174 valence electrons. The average Bonchev–Trinajstić information content (AvgIpc) is 3.05. The number of ether oxygens (including phenoxy) is 1. The van der Waals surface area contributed by atoms with Crippen molar-refractivity contribution in [3.8, 4) is 5.75 Å². The van der Waals surface area contributed by atoms with Crippen LogP contribution in [0.25, 0.3) is 0 Å². The van der Waals surface area contributed by atoms with Crippen molar-refractivity contribution < 1.29 is 23.9 Å². The van der Waals surface area contributed by atoms with Gasteiger partial charge in [0.05, 0.1) is 17.3 Å². The Labute approximate surface area is 191 Å². The molecule has 3 rings (SSSR count). The van der Waals surface area contributed by atoms with Crippen LogP contribution in [0.4, 0.5) is 10.5 Å². The Morgan fingerprint density at radius 1 is 1.31 bits per heavy atom. The first-order valence-corrected chi connectivity index (χ1v) is 13.8. The number of phenolic OH excluding ortho intramolecular Hbond substituents is 1. The van der Waals surface area contributed by atoms with Crippen LogP contribution in [0.1, 0.15) is 50.0 Å². The zero-order valence-electron chi connectivity index (χ0n) is 20.1. The summed E-state index contributed by atoms with van der Waals surface area (Å²) in [5, 5.41) is 10.3. The first-order chi connectivity index (χ1) is 14.8. The van der Waals surface area contributed by atoms with Crippen molar-refractivity contribution in [3.05, 3.63) is 47.7 Å². The summed E-state index contributed by atoms with van der Waals surface area (Å²) in [6.07, 6.45) is 2.49. The third-order valence-corrected chi connectivity index (χ3v) is 11.1. The molecule has 2 amide bonds. The summed E-state index contributed by atoms with van der Waals surface area (Å²) in [5.74, 6) is -0.231. The minimum atomic E-state index is -2.38. The van der Waals surface area contributed by atoms with E-state index in [-0.39, 0.29) is 29.0 Å². The van der Waals surface area contributed by atoms with Crippen LogP contribution in [0.3, 0.4) is 0 Å². The number of aromatic hydroxyl groups is 1. The molecule has 2 atom stereocenters. The van der Waals surface area contributed by atoms with Gasteiger partial charge in [-0.25, -0.2) is 9.69 Å². The monoisotopic (exact) mass is 458 g/mol.